The molecule has 0 amide bonds. The third kappa shape index (κ3) is 5.19. The topological polar surface area (TPSA) is 49.3 Å². The molecular weight excluding hydrogens is 258 g/mol. The van der Waals surface area contributed by atoms with Gasteiger partial charge >= 0.3 is 0 Å². The van der Waals surface area contributed by atoms with Gasteiger partial charge in [-0.25, -0.2) is 0 Å². The van der Waals surface area contributed by atoms with Gasteiger partial charge in [-0.15, -0.1) is 0 Å². The molecule has 0 aromatic heterocycles. The highest BCUT2D eigenvalue weighted by molar-refractivity contribution is 5.80. The molecule has 0 atom stereocenters. The van der Waals surface area contributed by atoms with E-state index in [9.17, 15) is 0 Å². The minimum Gasteiger partial charge on any atom is -0.493 e. The lowest BCUT2D eigenvalue weighted by Gasteiger charge is -2.14. The fourth-order valence-corrected chi connectivity index (χ4v) is 1.70. The molecule has 0 saturated heterocycles. The number of benzene rings is 1. The van der Waals surface area contributed by atoms with E-state index >= 15 is 0 Å². The zero-order valence-electron chi connectivity index (χ0n) is 12.6. The summed E-state index contributed by atoms with van der Waals surface area (Å²) >= 11 is 0. The van der Waals surface area contributed by atoms with Crippen molar-refractivity contribution in [1.29, 1.82) is 0 Å². The first-order chi connectivity index (χ1) is 9.74. The Bertz CT molecular complexity index is 414. The Kier molecular flexibility index (Phi) is 7.69. The maximum atomic E-state index is 5.42. The highest BCUT2D eigenvalue weighted by atomic mass is 16.7. The summed E-state index contributed by atoms with van der Waals surface area (Å²) in [4.78, 5) is 4.34. The van der Waals surface area contributed by atoms with Gasteiger partial charge in [-0.2, -0.15) is 0 Å². The van der Waals surface area contributed by atoms with Crippen LogP contribution in [0, 0.1) is 0 Å². The summed E-state index contributed by atoms with van der Waals surface area (Å²) in [6.07, 6.45) is 1.48. The van der Waals surface area contributed by atoms with Crippen LogP contribution < -0.4 is 9.47 Å². The van der Waals surface area contributed by atoms with Gasteiger partial charge in [-0.05, 0) is 37.6 Å². The average molecular weight is 281 g/mol. The molecule has 112 valence electrons. The van der Waals surface area contributed by atoms with Crippen LogP contribution in [0.25, 0.3) is 0 Å². The van der Waals surface area contributed by atoms with E-state index in [0.29, 0.717) is 31.3 Å². The van der Waals surface area contributed by atoms with E-state index in [-0.39, 0.29) is 6.29 Å². The summed E-state index contributed by atoms with van der Waals surface area (Å²) in [6.45, 7) is 5.55. The first kappa shape index (κ1) is 16.5. The molecular formula is C15H23NO4. The molecule has 5 nitrogen and oxygen atoms in total. The molecule has 0 saturated carbocycles. The third-order valence-electron chi connectivity index (χ3n) is 2.61. The van der Waals surface area contributed by atoms with Crippen molar-refractivity contribution in [1.82, 2.24) is 0 Å². The van der Waals surface area contributed by atoms with Crippen molar-refractivity contribution in [2.75, 3.05) is 34.0 Å². The van der Waals surface area contributed by atoms with Gasteiger partial charge in [0.1, 0.15) is 0 Å². The Morgan fingerprint density at radius 1 is 1.05 bits per heavy atom. The highest BCUT2D eigenvalue weighted by Gasteiger charge is 2.06. The fourth-order valence-electron chi connectivity index (χ4n) is 1.70. The first-order valence-electron chi connectivity index (χ1n) is 6.70. The molecule has 0 radical (unpaired) electrons. The zero-order chi connectivity index (χ0) is 14.8. The molecule has 0 heterocycles. The lowest BCUT2D eigenvalue weighted by Crippen LogP contribution is -2.20. The van der Waals surface area contributed by atoms with E-state index in [2.05, 4.69) is 4.99 Å². The maximum absolute atomic E-state index is 5.42. The van der Waals surface area contributed by atoms with Crippen molar-refractivity contribution < 1.29 is 18.9 Å². The Balaban J connectivity index is 2.65. The van der Waals surface area contributed by atoms with Crippen molar-refractivity contribution in [3.05, 3.63) is 23.8 Å². The fraction of sp³-hybridized carbons (Fsp3) is 0.533. The predicted molar refractivity (Wildman–Crippen MR) is 79.0 cm³/mol. The van der Waals surface area contributed by atoms with Gasteiger partial charge in [0.15, 0.2) is 17.8 Å². The van der Waals surface area contributed by atoms with Gasteiger partial charge in [0.25, 0.3) is 0 Å². The van der Waals surface area contributed by atoms with Crippen molar-refractivity contribution >= 4 is 6.21 Å². The Hall–Kier alpha value is -1.59. The van der Waals surface area contributed by atoms with Crippen LogP contribution in [-0.2, 0) is 9.47 Å². The molecule has 1 rings (SSSR count). The van der Waals surface area contributed by atoms with Gasteiger partial charge in [0, 0.05) is 19.4 Å². The number of rotatable bonds is 9. The van der Waals surface area contributed by atoms with Gasteiger partial charge in [0.05, 0.1) is 20.8 Å². The second kappa shape index (κ2) is 9.34. The molecule has 0 spiro atoms. The van der Waals surface area contributed by atoms with Crippen LogP contribution in [0.2, 0.25) is 0 Å². The van der Waals surface area contributed by atoms with E-state index in [1.807, 2.05) is 32.0 Å². The van der Waals surface area contributed by atoms with E-state index in [1.165, 1.54) is 0 Å². The third-order valence-corrected chi connectivity index (χ3v) is 2.61. The Labute approximate surface area is 120 Å². The normalized spacial score (nSPS) is 11.2. The maximum Gasteiger partial charge on any atom is 0.176 e. The van der Waals surface area contributed by atoms with E-state index in [4.69, 9.17) is 18.9 Å². The molecule has 1 aromatic rings. The van der Waals surface area contributed by atoms with Gasteiger partial charge in [-0.3, -0.25) is 4.99 Å². The summed E-state index contributed by atoms with van der Waals surface area (Å²) in [5.41, 5.74) is 0.939. The van der Waals surface area contributed by atoms with Gasteiger partial charge in [0.2, 0.25) is 0 Å². The number of nitrogens with zero attached hydrogens (tertiary/aromatic N) is 1. The van der Waals surface area contributed by atoms with Crippen molar-refractivity contribution in [3.63, 3.8) is 0 Å². The summed E-state index contributed by atoms with van der Waals surface area (Å²) in [7, 11) is 3.22. The van der Waals surface area contributed by atoms with E-state index < -0.39 is 0 Å². The molecule has 0 unspecified atom stereocenters. The molecule has 0 aliphatic heterocycles. The Morgan fingerprint density at radius 3 is 2.25 bits per heavy atom. The van der Waals surface area contributed by atoms with E-state index in [1.54, 1.807) is 20.4 Å². The quantitative estimate of drug-likeness (QED) is 0.515. The van der Waals surface area contributed by atoms with E-state index in [0.717, 1.165) is 5.56 Å². The van der Waals surface area contributed by atoms with Crippen LogP contribution in [0.3, 0.4) is 0 Å². The lowest BCUT2D eigenvalue weighted by atomic mass is 10.2. The smallest absolute Gasteiger partial charge is 0.176 e. The minimum absolute atomic E-state index is 0.290. The van der Waals surface area contributed by atoms with Crippen LogP contribution in [0.15, 0.2) is 23.2 Å². The van der Waals surface area contributed by atoms with Crippen LogP contribution in [0.1, 0.15) is 19.4 Å². The van der Waals surface area contributed by atoms with Crippen LogP contribution in [0.4, 0.5) is 0 Å². The average Bonchev–Trinajstić information content (AvgIpc) is 2.47. The second-order valence-electron chi connectivity index (χ2n) is 3.95. The zero-order valence-corrected chi connectivity index (χ0v) is 12.6. The molecule has 0 aliphatic carbocycles. The first-order valence-corrected chi connectivity index (χ1v) is 6.70. The molecule has 5 heteroatoms. The van der Waals surface area contributed by atoms with Crippen LogP contribution in [-0.4, -0.2) is 46.5 Å². The van der Waals surface area contributed by atoms with Crippen molar-refractivity contribution in [2.24, 2.45) is 4.99 Å². The number of hydrogen-bond donors (Lipinski definition) is 0. The molecule has 1 aromatic carbocycles. The SMILES string of the molecule is CCOC(C/N=C/c1ccc(OC)c(OC)c1)OCC. The van der Waals surface area contributed by atoms with Crippen molar-refractivity contribution in [2.45, 2.75) is 20.1 Å². The van der Waals surface area contributed by atoms with Crippen LogP contribution in [0.5, 0.6) is 11.5 Å². The standard InChI is InChI=1S/C15H23NO4/c1-5-19-15(20-6-2)11-16-10-12-7-8-13(17-3)14(9-12)18-4/h7-10,15H,5-6,11H2,1-4H3/b16-10+. The minimum atomic E-state index is -0.290. The number of hydrogen-bond acceptors (Lipinski definition) is 5. The number of ether oxygens (including phenoxy) is 4. The number of aliphatic imine (C=N–C) groups is 1. The van der Waals surface area contributed by atoms with Crippen molar-refractivity contribution in [3.8, 4) is 11.5 Å². The molecule has 20 heavy (non-hydrogen) atoms. The second-order valence-corrected chi connectivity index (χ2v) is 3.95. The largest absolute Gasteiger partial charge is 0.493 e. The predicted octanol–water partition coefficient (Wildman–Crippen LogP) is 2.52. The van der Waals surface area contributed by atoms with Gasteiger partial charge in [-0.1, -0.05) is 0 Å². The number of methoxy groups -OCH3 is 2. The summed E-state index contributed by atoms with van der Waals surface area (Å²) in [6, 6.07) is 5.64. The highest BCUT2D eigenvalue weighted by Crippen LogP contribution is 2.26. The monoisotopic (exact) mass is 281 g/mol. The summed E-state index contributed by atoms with van der Waals surface area (Å²) in [5.74, 6) is 1.38. The molecule has 0 bridgehead atoms. The molecule has 0 aliphatic rings. The molecule has 0 N–H and O–H groups in total. The summed E-state index contributed by atoms with van der Waals surface area (Å²) in [5, 5.41) is 0. The van der Waals surface area contributed by atoms with Gasteiger partial charge < -0.3 is 18.9 Å². The lowest BCUT2D eigenvalue weighted by molar-refractivity contribution is -0.128. The Morgan fingerprint density at radius 2 is 1.70 bits per heavy atom. The van der Waals surface area contributed by atoms with Crippen LogP contribution >= 0.6 is 0 Å². The summed E-state index contributed by atoms with van der Waals surface area (Å²) < 4.78 is 21.3. The molecule has 0 fully saturated rings.